The molecule has 0 N–H and O–H groups in total. The lowest BCUT2D eigenvalue weighted by molar-refractivity contribution is 0.278. The first-order valence-corrected chi connectivity index (χ1v) is 3.64. The van der Waals surface area contributed by atoms with E-state index in [2.05, 4.69) is 26.0 Å². The Morgan fingerprint density at radius 1 is 1.50 bits per heavy atom. The van der Waals surface area contributed by atoms with Gasteiger partial charge in [-0.25, -0.2) is 0 Å². The maximum absolute atomic E-state index is 5.15. The minimum Gasteiger partial charge on any atom is -0.501 e. The van der Waals surface area contributed by atoms with Crippen LogP contribution < -0.4 is 0 Å². The molecule has 56 valence electrons. The van der Waals surface area contributed by atoms with E-state index in [-0.39, 0.29) is 0 Å². The highest BCUT2D eigenvalue weighted by Gasteiger charge is 2.07. The predicted octanol–water partition coefficient (Wildman–Crippen LogP) is 2.50. The third kappa shape index (κ3) is 1.63. The highest BCUT2D eigenvalue weighted by Crippen LogP contribution is 2.21. The predicted molar refractivity (Wildman–Crippen MR) is 42.6 cm³/mol. The van der Waals surface area contributed by atoms with Crippen LogP contribution in [0.25, 0.3) is 0 Å². The van der Waals surface area contributed by atoms with Gasteiger partial charge < -0.3 is 4.74 Å². The minimum absolute atomic E-state index is 0.545. The van der Waals surface area contributed by atoms with Crippen LogP contribution in [0.4, 0.5) is 0 Å². The first-order valence-electron chi connectivity index (χ1n) is 3.64. The molecule has 0 saturated heterocycles. The van der Waals surface area contributed by atoms with E-state index in [9.17, 15) is 0 Å². The van der Waals surface area contributed by atoms with Gasteiger partial charge in [-0.05, 0) is 18.9 Å². The second-order valence-electron chi connectivity index (χ2n) is 2.89. The van der Waals surface area contributed by atoms with Gasteiger partial charge in [0.05, 0.1) is 12.9 Å². The molecule has 0 amide bonds. The summed E-state index contributed by atoms with van der Waals surface area (Å²) >= 11 is 0. The van der Waals surface area contributed by atoms with Crippen molar-refractivity contribution in [2.75, 3.05) is 7.11 Å². The average molecular weight is 138 g/mol. The largest absolute Gasteiger partial charge is 0.501 e. The molecular weight excluding hydrogens is 124 g/mol. The Hall–Kier alpha value is -0.720. The number of ether oxygens (including phenoxy) is 1. The van der Waals surface area contributed by atoms with Crippen LogP contribution >= 0.6 is 0 Å². The van der Waals surface area contributed by atoms with Gasteiger partial charge in [0.2, 0.25) is 0 Å². The van der Waals surface area contributed by atoms with Crippen LogP contribution in [0.5, 0.6) is 0 Å². The molecule has 1 aliphatic rings. The monoisotopic (exact) mass is 138 g/mol. The van der Waals surface area contributed by atoms with Crippen molar-refractivity contribution in [3.05, 3.63) is 23.5 Å². The van der Waals surface area contributed by atoms with Crippen LogP contribution in [0.15, 0.2) is 23.5 Å². The summed E-state index contributed by atoms with van der Waals surface area (Å²) in [5.41, 5.74) is 1.41. The Bertz CT molecular complexity index is 177. The van der Waals surface area contributed by atoms with Crippen molar-refractivity contribution < 1.29 is 4.74 Å². The Kier molecular flexibility index (Phi) is 2.15. The standard InChI is InChI=1S/C9H14O/c1-7-4-8(2)6-9(5-7)10-3/h4-5,7H,6H2,1-3H3. The lowest BCUT2D eigenvalue weighted by atomic mass is 9.98. The Morgan fingerprint density at radius 2 is 2.20 bits per heavy atom. The molecule has 0 aromatic carbocycles. The zero-order chi connectivity index (χ0) is 7.56. The van der Waals surface area contributed by atoms with E-state index in [1.165, 1.54) is 5.57 Å². The van der Waals surface area contributed by atoms with Gasteiger partial charge in [-0.3, -0.25) is 0 Å². The zero-order valence-electron chi connectivity index (χ0n) is 6.85. The summed E-state index contributed by atoms with van der Waals surface area (Å²) in [6, 6.07) is 0. The highest BCUT2D eigenvalue weighted by molar-refractivity contribution is 5.19. The Labute approximate surface area is 62.4 Å². The molecule has 1 heteroatoms. The smallest absolute Gasteiger partial charge is 0.0961 e. The molecule has 1 nitrogen and oxygen atoms in total. The summed E-state index contributed by atoms with van der Waals surface area (Å²) in [6.07, 6.45) is 5.41. The van der Waals surface area contributed by atoms with Gasteiger partial charge in [-0.2, -0.15) is 0 Å². The van der Waals surface area contributed by atoms with E-state index in [4.69, 9.17) is 4.74 Å². The van der Waals surface area contributed by atoms with E-state index in [0.717, 1.165) is 12.2 Å². The number of allylic oxidation sites excluding steroid dienone is 3. The Morgan fingerprint density at radius 3 is 2.70 bits per heavy atom. The molecular formula is C9H14O. The third-order valence-electron chi connectivity index (χ3n) is 1.71. The van der Waals surface area contributed by atoms with Gasteiger partial charge in [-0.15, -0.1) is 0 Å². The molecule has 1 atom stereocenters. The molecule has 1 rings (SSSR count). The quantitative estimate of drug-likeness (QED) is 0.506. The molecule has 1 unspecified atom stereocenters. The number of methoxy groups -OCH3 is 1. The van der Waals surface area contributed by atoms with Crippen LogP contribution in [-0.4, -0.2) is 7.11 Å². The maximum Gasteiger partial charge on any atom is 0.0961 e. The number of hydrogen-bond donors (Lipinski definition) is 0. The first kappa shape index (κ1) is 7.39. The van der Waals surface area contributed by atoms with Crippen molar-refractivity contribution in [1.29, 1.82) is 0 Å². The molecule has 0 spiro atoms. The molecule has 0 bridgehead atoms. The topological polar surface area (TPSA) is 9.23 Å². The third-order valence-corrected chi connectivity index (χ3v) is 1.71. The lowest BCUT2D eigenvalue weighted by Gasteiger charge is -2.14. The van der Waals surface area contributed by atoms with Crippen LogP contribution in [0.2, 0.25) is 0 Å². The van der Waals surface area contributed by atoms with Gasteiger partial charge in [0.1, 0.15) is 0 Å². The number of rotatable bonds is 1. The summed E-state index contributed by atoms with van der Waals surface area (Å²) < 4.78 is 5.15. The van der Waals surface area contributed by atoms with Crippen molar-refractivity contribution in [1.82, 2.24) is 0 Å². The normalized spacial score (nSPS) is 25.3. The molecule has 0 fully saturated rings. The van der Waals surface area contributed by atoms with Crippen LogP contribution in [0.1, 0.15) is 20.3 Å². The summed E-state index contributed by atoms with van der Waals surface area (Å²) in [5.74, 6) is 1.65. The van der Waals surface area contributed by atoms with Gasteiger partial charge in [0, 0.05) is 6.42 Å². The second-order valence-corrected chi connectivity index (χ2v) is 2.89. The molecule has 0 aliphatic heterocycles. The van der Waals surface area contributed by atoms with E-state index < -0.39 is 0 Å². The summed E-state index contributed by atoms with van der Waals surface area (Å²) in [7, 11) is 1.73. The van der Waals surface area contributed by atoms with Crippen molar-refractivity contribution >= 4 is 0 Å². The van der Waals surface area contributed by atoms with Gasteiger partial charge in [0.15, 0.2) is 0 Å². The molecule has 0 saturated carbocycles. The van der Waals surface area contributed by atoms with Crippen LogP contribution in [0.3, 0.4) is 0 Å². The van der Waals surface area contributed by atoms with E-state index in [0.29, 0.717) is 5.92 Å². The second kappa shape index (κ2) is 2.91. The van der Waals surface area contributed by atoms with Gasteiger partial charge >= 0.3 is 0 Å². The van der Waals surface area contributed by atoms with E-state index >= 15 is 0 Å². The van der Waals surface area contributed by atoms with Gasteiger partial charge in [-0.1, -0.05) is 18.6 Å². The van der Waals surface area contributed by atoms with Crippen molar-refractivity contribution in [2.24, 2.45) is 5.92 Å². The zero-order valence-corrected chi connectivity index (χ0v) is 6.85. The minimum atomic E-state index is 0.545. The van der Waals surface area contributed by atoms with Crippen molar-refractivity contribution in [3.8, 4) is 0 Å². The first-order chi connectivity index (χ1) is 4.72. The molecule has 0 aromatic rings. The van der Waals surface area contributed by atoms with Crippen LogP contribution in [0, 0.1) is 5.92 Å². The number of hydrogen-bond acceptors (Lipinski definition) is 1. The fourth-order valence-electron chi connectivity index (χ4n) is 1.32. The summed E-state index contributed by atoms with van der Waals surface area (Å²) in [4.78, 5) is 0. The molecule has 0 heterocycles. The summed E-state index contributed by atoms with van der Waals surface area (Å²) in [6.45, 7) is 4.31. The molecule has 1 aliphatic carbocycles. The van der Waals surface area contributed by atoms with Crippen molar-refractivity contribution in [2.45, 2.75) is 20.3 Å². The van der Waals surface area contributed by atoms with Gasteiger partial charge in [0.25, 0.3) is 0 Å². The maximum atomic E-state index is 5.15. The van der Waals surface area contributed by atoms with E-state index in [1.54, 1.807) is 7.11 Å². The van der Waals surface area contributed by atoms with E-state index in [1.807, 2.05) is 0 Å². The average Bonchev–Trinajstić information content (AvgIpc) is 1.85. The molecule has 10 heavy (non-hydrogen) atoms. The highest BCUT2D eigenvalue weighted by atomic mass is 16.5. The summed E-state index contributed by atoms with van der Waals surface area (Å²) in [5, 5.41) is 0. The SMILES string of the molecule is COC1=CC(C)C=C(C)C1. The fraction of sp³-hybridized carbons (Fsp3) is 0.556. The molecule has 0 radical (unpaired) electrons. The fourth-order valence-corrected chi connectivity index (χ4v) is 1.32. The van der Waals surface area contributed by atoms with Crippen LogP contribution in [-0.2, 0) is 4.74 Å². The molecule has 0 aromatic heterocycles. The lowest BCUT2D eigenvalue weighted by Crippen LogP contribution is -1.99. The Balaban J connectivity index is 2.65. The van der Waals surface area contributed by atoms with Crippen molar-refractivity contribution in [3.63, 3.8) is 0 Å².